The molecule has 114 valence electrons. The number of hydrogen-bond acceptors (Lipinski definition) is 4. The lowest BCUT2D eigenvalue weighted by Crippen LogP contribution is -2.23. The Kier molecular flexibility index (Phi) is 6.91. The van der Waals surface area contributed by atoms with Gasteiger partial charge in [0.2, 0.25) is 0 Å². The van der Waals surface area contributed by atoms with Crippen LogP contribution in [0.1, 0.15) is 32.1 Å². The Morgan fingerprint density at radius 1 is 1.35 bits per heavy atom. The predicted molar refractivity (Wildman–Crippen MR) is 75.1 cm³/mol. The quantitative estimate of drug-likeness (QED) is 0.395. The molecule has 0 saturated heterocycles. The van der Waals surface area contributed by atoms with Gasteiger partial charge in [-0.05, 0) is 19.3 Å². The van der Waals surface area contributed by atoms with Crippen LogP contribution in [0.3, 0.4) is 0 Å². The smallest absolute Gasteiger partial charge is 0.303 e. The maximum atomic E-state index is 10.8. The highest BCUT2D eigenvalue weighted by Crippen LogP contribution is 2.36. The van der Waals surface area contributed by atoms with Crippen molar-refractivity contribution in [3.05, 3.63) is 24.8 Å². The summed E-state index contributed by atoms with van der Waals surface area (Å²) < 4.78 is 0. The van der Waals surface area contributed by atoms with Crippen molar-refractivity contribution in [2.24, 2.45) is 11.8 Å². The fourth-order valence-electron chi connectivity index (χ4n) is 2.69. The summed E-state index contributed by atoms with van der Waals surface area (Å²) in [5.74, 6) is -1.91. The highest BCUT2D eigenvalue weighted by Gasteiger charge is 2.41. The van der Waals surface area contributed by atoms with Crippen LogP contribution in [0.25, 0.3) is 0 Å². The van der Waals surface area contributed by atoms with Crippen LogP contribution in [-0.2, 0) is 4.79 Å². The second kappa shape index (κ2) is 8.19. The summed E-state index contributed by atoms with van der Waals surface area (Å²) in [6.45, 7) is 3.61. The van der Waals surface area contributed by atoms with E-state index in [9.17, 15) is 20.1 Å². The maximum Gasteiger partial charge on any atom is 0.303 e. The minimum absolute atomic E-state index is 0.180. The summed E-state index contributed by atoms with van der Waals surface area (Å²) in [5, 5.41) is 38.3. The van der Waals surface area contributed by atoms with Crippen molar-refractivity contribution in [3.63, 3.8) is 0 Å². The Hall–Kier alpha value is -1.17. The van der Waals surface area contributed by atoms with E-state index in [1.807, 2.05) is 0 Å². The van der Waals surface area contributed by atoms with Crippen molar-refractivity contribution in [3.8, 4) is 0 Å². The molecule has 0 aliphatic heterocycles. The number of carboxylic acids is 1. The fraction of sp³-hybridized carbons (Fsp3) is 0.667. The van der Waals surface area contributed by atoms with Crippen molar-refractivity contribution in [2.45, 2.75) is 50.4 Å². The van der Waals surface area contributed by atoms with Gasteiger partial charge in [0.1, 0.15) is 0 Å². The molecule has 5 atom stereocenters. The second-order valence-corrected chi connectivity index (χ2v) is 5.38. The lowest BCUT2D eigenvalue weighted by molar-refractivity contribution is -0.139. The molecule has 20 heavy (non-hydrogen) atoms. The lowest BCUT2D eigenvalue weighted by atomic mass is 9.90. The van der Waals surface area contributed by atoms with Gasteiger partial charge >= 0.3 is 5.97 Å². The first kappa shape index (κ1) is 16.9. The molecule has 1 saturated carbocycles. The molecule has 0 aromatic heterocycles. The lowest BCUT2D eigenvalue weighted by Gasteiger charge is -2.19. The van der Waals surface area contributed by atoms with Gasteiger partial charge in [-0.15, -0.1) is 6.58 Å². The van der Waals surface area contributed by atoms with E-state index in [4.69, 9.17) is 5.11 Å². The maximum absolute atomic E-state index is 10.8. The molecule has 0 unspecified atom stereocenters. The SMILES string of the molecule is C=CCCC[C@H](O)C=C[C@@H]1[C@@H](CC(=O)O)[C@@H](O)C[C@H]1O. The van der Waals surface area contributed by atoms with Crippen LogP contribution >= 0.6 is 0 Å². The van der Waals surface area contributed by atoms with Crippen LogP contribution in [0.4, 0.5) is 0 Å². The third-order valence-corrected chi connectivity index (χ3v) is 3.79. The largest absolute Gasteiger partial charge is 0.481 e. The number of carboxylic acid groups (broad SMARTS) is 1. The third-order valence-electron chi connectivity index (χ3n) is 3.79. The summed E-state index contributed by atoms with van der Waals surface area (Å²) in [4.78, 5) is 10.8. The van der Waals surface area contributed by atoms with E-state index in [0.717, 1.165) is 12.8 Å². The number of carbonyl (C=O) groups is 1. The van der Waals surface area contributed by atoms with Gasteiger partial charge < -0.3 is 20.4 Å². The van der Waals surface area contributed by atoms with Gasteiger partial charge in [0.05, 0.1) is 24.7 Å². The zero-order valence-electron chi connectivity index (χ0n) is 11.6. The summed E-state index contributed by atoms with van der Waals surface area (Å²) in [6.07, 6.45) is 5.08. The molecule has 0 amide bonds. The second-order valence-electron chi connectivity index (χ2n) is 5.38. The number of aliphatic hydroxyl groups is 3. The van der Waals surface area contributed by atoms with E-state index < -0.39 is 36.1 Å². The van der Waals surface area contributed by atoms with Crippen LogP contribution in [-0.4, -0.2) is 44.7 Å². The third kappa shape index (κ3) is 5.07. The molecule has 0 heterocycles. The molecule has 0 bridgehead atoms. The number of aliphatic hydroxyl groups excluding tert-OH is 3. The molecule has 1 fully saturated rings. The summed E-state index contributed by atoms with van der Waals surface area (Å²) >= 11 is 0. The number of allylic oxidation sites excluding steroid dienone is 1. The van der Waals surface area contributed by atoms with E-state index in [1.165, 1.54) is 0 Å². The Morgan fingerprint density at radius 3 is 2.65 bits per heavy atom. The average Bonchev–Trinajstić information content (AvgIpc) is 2.62. The molecule has 1 rings (SSSR count). The van der Waals surface area contributed by atoms with Gasteiger partial charge in [0.15, 0.2) is 0 Å². The summed E-state index contributed by atoms with van der Waals surface area (Å²) in [6, 6.07) is 0. The first-order valence-electron chi connectivity index (χ1n) is 7.01. The molecule has 0 spiro atoms. The Bertz CT molecular complexity index is 352. The van der Waals surface area contributed by atoms with Gasteiger partial charge in [0.25, 0.3) is 0 Å². The van der Waals surface area contributed by atoms with E-state index in [-0.39, 0.29) is 12.8 Å². The standard InChI is InChI=1S/C15H24O5/c1-2-3-4-5-10(16)6-7-11-12(8-15(19)20)14(18)9-13(11)17/h2,6-7,10-14,16-18H,1,3-5,8-9H2,(H,19,20)/t10-,11+,12+,13+,14-/m0/s1. The van der Waals surface area contributed by atoms with Crippen molar-refractivity contribution in [2.75, 3.05) is 0 Å². The van der Waals surface area contributed by atoms with Crippen LogP contribution in [0, 0.1) is 11.8 Å². The molecule has 0 aromatic carbocycles. The van der Waals surface area contributed by atoms with Crippen LogP contribution in [0.5, 0.6) is 0 Å². The topological polar surface area (TPSA) is 98.0 Å². The van der Waals surface area contributed by atoms with Gasteiger partial charge in [-0.25, -0.2) is 0 Å². The van der Waals surface area contributed by atoms with Crippen molar-refractivity contribution in [1.29, 1.82) is 0 Å². The number of aliphatic carboxylic acids is 1. The minimum atomic E-state index is -0.993. The number of hydrogen-bond donors (Lipinski definition) is 4. The summed E-state index contributed by atoms with van der Waals surface area (Å²) in [7, 11) is 0. The van der Waals surface area contributed by atoms with Gasteiger partial charge in [0, 0.05) is 18.3 Å². The zero-order chi connectivity index (χ0) is 15.1. The number of rotatable bonds is 8. The number of unbranched alkanes of at least 4 members (excludes halogenated alkanes) is 1. The summed E-state index contributed by atoms with van der Waals surface area (Å²) in [5.41, 5.74) is 0. The molecule has 4 N–H and O–H groups in total. The molecule has 0 aromatic rings. The van der Waals surface area contributed by atoms with E-state index in [0.29, 0.717) is 6.42 Å². The van der Waals surface area contributed by atoms with Crippen LogP contribution < -0.4 is 0 Å². The molecule has 5 heteroatoms. The van der Waals surface area contributed by atoms with Crippen molar-refractivity contribution < 1.29 is 25.2 Å². The monoisotopic (exact) mass is 284 g/mol. The van der Waals surface area contributed by atoms with E-state index in [1.54, 1.807) is 18.2 Å². The first-order chi connectivity index (χ1) is 9.45. The predicted octanol–water partition coefficient (Wildman–Crippen LogP) is 1.09. The first-order valence-corrected chi connectivity index (χ1v) is 7.01. The van der Waals surface area contributed by atoms with Gasteiger partial charge in [-0.3, -0.25) is 4.79 Å². The van der Waals surface area contributed by atoms with E-state index >= 15 is 0 Å². The van der Waals surface area contributed by atoms with Gasteiger partial charge in [-0.1, -0.05) is 18.2 Å². The molecule has 1 aliphatic carbocycles. The average molecular weight is 284 g/mol. The fourth-order valence-corrected chi connectivity index (χ4v) is 2.69. The Labute approximate surface area is 119 Å². The van der Waals surface area contributed by atoms with Gasteiger partial charge in [-0.2, -0.15) is 0 Å². The molecule has 1 aliphatic rings. The normalized spacial score (nSPS) is 31.6. The highest BCUT2D eigenvalue weighted by atomic mass is 16.4. The van der Waals surface area contributed by atoms with Crippen LogP contribution in [0.2, 0.25) is 0 Å². The van der Waals surface area contributed by atoms with E-state index in [2.05, 4.69) is 6.58 Å². The minimum Gasteiger partial charge on any atom is -0.481 e. The Balaban J connectivity index is 2.57. The highest BCUT2D eigenvalue weighted by molar-refractivity contribution is 5.67. The molecule has 0 radical (unpaired) electrons. The van der Waals surface area contributed by atoms with Crippen molar-refractivity contribution >= 4 is 5.97 Å². The van der Waals surface area contributed by atoms with Crippen LogP contribution in [0.15, 0.2) is 24.8 Å². The molecular weight excluding hydrogens is 260 g/mol. The molecule has 5 nitrogen and oxygen atoms in total. The Morgan fingerprint density at radius 2 is 2.05 bits per heavy atom. The molecular formula is C15H24O5. The zero-order valence-corrected chi connectivity index (χ0v) is 11.6. The van der Waals surface area contributed by atoms with Crippen molar-refractivity contribution in [1.82, 2.24) is 0 Å².